The number of aryl methyl sites for hydroxylation is 2. The van der Waals surface area contributed by atoms with Crippen LogP contribution in [-0.4, -0.2) is 56.8 Å². The normalized spacial score (nSPS) is 15.8. The van der Waals surface area contributed by atoms with E-state index in [4.69, 9.17) is 10.7 Å². The Kier molecular flexibility index (Phi) is 6.32. The van der Waals surface area contributed by atoms with Gasteiger partial charge in [-0.25, -0.2) is 4.98 Å². The summed E-state index contributed by atoms with van der Waals surface area (Å²) in [6.07, 6.45) is 2.25. The largest absolute Gasteiger partial charge is 0.506 e. The number of pyridine rings is 1. The number of nitrogens with two attached hydrogens (primary N) is 1. The van der Waals surface area contributed by atoms with Crippen LogP contribution >= 0.6 is 0 Å². The van der Waals surface area contributed by atoms with Crippen molar-refractivity contribution in [2.45, 2.75) is 45.8 Å². The Hall–Kier alpha value is -2.48. The summed E-state index contributed by atoms with van der Waals surface area (Å²) in [5.41, 5.74) is 10.5. The molecular weight excluding hydrogens is 376 g/mol. The molecule has 0 unspecified atom stereocenters. The number of benzene rings is 1. The minimum absolute atomic E-state index is 0.223. The first-order valence-electron chi connectivity index (χ1n) is 10.8. The summed E-state index contributed by atoms with van der Waals surface area (Å²) in [6, 6.07) is 10.3. The molecule has 1 aliphatic heterocycles. The highest BCUT2D eigenvalue weighted by atomic mass is 16.3. The molecule has 7 nitrogen and oxygen atoms in total. The molecule has 160 valence electrons. The lowest BCUT2D eigenvalue weighted by Gasteiger charge is -2.32. The molecule has 1 aromatic carbocycles. The first kappa shape index (κ1) is 20.8. The van der Waals surface area contributed by atoms with Gasteiger partial charge in [-0.2, -0.15) is 0 Å². The number of hydrogen-bond acceptors (Lipinski definition) is 6. The number of hydrogen-bond donors (Lipinski definition) is 3. The molecule has 4 rings (SSSR count). The van der Waals surface area contributed by atoms with Crippen molar-refractivity contribution in [3.63, 3.8) is 0 Å². The van der Waals surface area contributed by atoms with Gasteiger partial charge in [0.2, 0.25) is 0 Å². The Morgan fingerprint density at radius 3 is 2.70 bits per heavy atom. The smallest absolute Gasteiger partial charge is 0.138 e. The molecular formula is C23H32N6O. The van der Waals surface area contributed by atoms with Gasteiger partial charge in [0, 0.05) is 24.8 Å². The number of aromatic hydroxyl groups is 1. The zero-order chi connectivity index (χ0) is 21.1. The number of nitrogens with zero attached hydrogens (tertiary/aromatic N) is 4. The van der Waals surface area contributed by atoms with Crippen LogP contribution in [0.3, 0.4) is 0 Å². The molecule has 4 N–H and O–H groups in total. The van der Waals surface area contributed by atoms with Crippen molar-refractivity contribution in [1.82, 2.24) is 24.8 Å². The number of piperidine rings is 1. The number of aromatic nitrogens is 3. The monoisotopic (exact) mass is 408 g/mol. The maximum absolute atomic E-state index is 10.3. The average molecular weight is 409 g/mol. The molecule has 30 heavy (non-hydrogen) atoms. The molecule has 0 spiro atoms. The zero-order valence-corrected chi connectivity index (χ0v) is 17.9. The number of nitrogens with one attached hydrogen (secondary N) is 1. The predicted octanol–water partition coefficient (Wildman–Crippen LogP) is 2.31. The van der Waals surface area contributed by atoms with Gasteiger partial charge >= 0.3 is 0 Å². The third-order valence-corrected chi connectivity index (χ3v) is 6.04. The van der Waals surface area contributed by atoms with Gasteiger partial charge in [0.15, 0.2) is 0 Å². The number of para-hydroxylation sites is 1. The van der Waals surface area contributed by atoms with E-state index in [1.807, 2.05) is 13.0 Å². The van der Waals surface area contributed by atoms with Gasteiger partial charge in [-0.15, -0.1) is 0 Å². The van der Waals surface area contributed by atoms with Gasteiger partial charge in [0.25, 0.3) is 0 Å². The Balaban J connectivity index is 1.56. The molecule has 0 bridgehead atoms. The highest BCUT2D eigenvalue weighted by molar-refractivity contribution is 5.79. The number of imidazole rings is 1. The summed E-state index contributed by atoms with van der Waals surface area (Å²) in [4.78, 5) is 11.9. The van der Waals surface area contributed by atoms with Crippen molar-refractivity contribution >= 4 is 11.0 Å². The second kappa shape index (κ2) is 9.12. The summed E-state index contributed by atoms with van der Waals surface area (Å²) in [5, 5.41) is 14.0. The van der Waals surface area contributed by atoms with Crippen LogP contribution in [0.25, 0.3) is 11.0 Å². The molecule has 1 aliphatic rings. The van der Waals surface area contributed by atoms with Crippen LogP contribution in [0.5, 0.6) is 5.75 Å². The van der Waals surface area contributed by atoms with E-state index in [2.05, 4.69) is 44.9 Å². The Labute approximate surface area is 177 Å². The van der Waals surface area contributed by atoms with Crippen molar-refractivity contribution < 1.29 is 5.11 Å². The number of rotatable bonds is 7. The topological polar surface area (TPSA) is 92.2 Å². The van der Waals surface area contributed by atoms with E-state index in [0.29, 0.717) is 24.8 Å². The fourth-order valence-corrected chi connectivity index (χ4v) is 4.29. The van der Waals surface area contributed by atoms with Gasteiger partial charge in [0.05, 0.1) is 24.1 Å². The lowest BCUT2D eigenvalue weighted by atomic mass is 10.1. The summed E-state index contributed by atoms with van der Waals surface area (Å²) >= 11 is 0. The summed E-state index contributed by atoms with van der Waals surface area (Å²) in [7, 11) is 0. The van der Waals surface area contributed by atoms with Gasteiger partial charge < -0.3 is 25.6 Å². The van der Waals surface area contributed by atoms with Gasteiger partial charge in [0.1, 0.15) is 17.3 Å². The maximum Gasteiger partial charge on any atom is 0.138 e. The Morgan fingerprint density at radius 2 is 1.93 bits per heavy atom. The van der Waals surface area contributed by atoms with Crippen LogP contribution in [0.1, 0.15) is 35.6 Å². The molecule has 2 aromatic heterocycles. The molecule has 0 aliphatic carbocycles. The molecule has 0 amide bonds. The van der Waals surface area contributed by atoms with E-state index in [-0.39, 0.29) is 5.75 Å². The lowest BCUT2D eigenvalue weighted by Crippen LogP contribution is -2.44. The fraction of sp³-hybridized carbons (Fsp3) is 0.478. The van der Waals surface area contributed by atoms with E-state index in [0.717, 1.165) is 67.1 Å². The highest BCUT2D eigenvalue weighted by Gasteiger charge is 2.20. The van der Waals surface area contributed by atoms with E-state index in [1.54, 1.807) is 6.07 Å². The van der Waals surface area contributed by atoms with Gasteiger partial charge in [-0.1, -0.05) is 12.1 Å². The van der Waals surface area contributed by atoms with Gasteiger partial charge in [-0.05, 0) is 63.5 Å². The van der Waals surface area contributed by atoms with E-state index >= 15 is 0 Å². The van der Waals surface area contributed by atoms with Gasteiger partial charge in [-0.3, -0.25) is 4.98 Å². The summed E-state index contributed by atoms with van der Waals surface area (Å²) < 4.78 is 2.18. The molecule has 3 aromatic rings. The molecule has 1 fully saturated rings. The van der Waals surface area contributed by atoms with E-state index < -0.39 is 0 Å². The van der Waals surface area contributed by atoms with Crippen LogP contribution in [0.4, 0.5) is 0 Å². The van der Waals surface area contributed by atoms with E-state index in [9.17, 15) is 5.11 Å². The fourth-order valence-electron chi connectivity index (χ4n) is 4.29. The SMILES string of the molecule is Cc1ccc(O)c(Cn2c(CNC3CCN(CCN)CC3)nc3c(C)cccc32)n1. The second-order valence-electron chi connectivity index (χ2n) is 8.26. The van der Waals surface area contributed by atoms with Crippen molar-refractivity contribution in [3.8, 4) is 5.75 Å². The van der Waals surface area contributed by atoms with Crippen LogP contribution in [0.2, 0.25) is 0 Å². The molecule has 3 heterocycles. The van der Waals surface area contributed by atoms with Crippen molar-refractivity contribution in [2.24, 2.45) is 5.73 Å². The highest BCUT2D eigenvalue weighted by Crippen LogP contribution is 2.24. The molecule has 0 saturated carbocycles. The van der Waals surface area contributed by atoms with Crippen LogP contribution in [-0.2, 0) is 13.1 Å². The van der Waals surface area contributed by atoms with Crippen molar-refractivity contribution in [3.05, 3.63) is 53.1 Å². The first-order chi connectivity index (χ1) is 14.5. The predicted molar refractivity (Wildman–Crippen MR) is 120 cm³/mol. The number of likely N-dealkylation sites (tertiary alicyclic amines) is 1. The standard InChI is InChI=1S/C23H32N6O/c1-16-4-3-5-20-23(16)27-22(14-25-18-8-11-28(12-9-18)13-10-24)29(20)15-19-21(30)7-6-17(2)26-19/h3-7,18,25,30H,8-15,24H2,1-2H3. The minimum atomic E-state index is 0.223. The minimum Gasteiger partial charge on any atom is -0.506 e. The molecule has 0 radical (unpaired) electrons. The Bertz CT molecular complexity index is 1010. The molecule has 0 atom stereocenters. The maximum atomic E-state index is 10.3. The molecule has 1 saturated heterocycles. The van der Waals surface area contributed by atoms with Crippen LogP contribution < -0.4 is 11.1 Å². The lowest BCUT2D eigenvalue weighted by molar-refractivity contribution is 0.201. The third-order valence-electron chi connectivity index (χ3n) is 6.04. The van der Waals surface area contributed by atoms with Crippen LogP contribution in [0, 0.1) is 13.8 Å². The van der Waals surface area contributed by atoms with Crippen molar-refractivity contribution in [2.75, 3.05) is 26.2 Å². The third kappa shape index (κ3) is 4.48. The number of fused-ring (bicyclic) bond motifs is 1. The molecule has 7 heteroatoms. The summed E-state index contributed by atoms with van der Waals surface area (Å²) in [6.45, 7) is 9.11. The second-order valence-corrected chi connectivity index (χ2v) is 8.26. The Morgan fingerprint density at radius 1 is 1.13 bits per heavy atom. The van der Waals surface area contributed by atoms with Crippen molar-refractivity contribution in [1.29, 1.82) is 0 Å². The summed E-state index contributed by atoms with van der Waals surface area (Å²) in [5.74, 6) is 1.20. The van der Waals surface area contributed by atoms with E-state index in [1.165, 1.54) is 0 Å². The first-order valence-corrected chi connectivity index (χ1v) is 10.8. The average Bonchev–Trinajstić information content (AvgIpc) is 3.09. The van der Waals surface area contributed by atoms with Crippen LogP contribution in [0.15, 0.2) is 30.3 Å². The quantitative estimate of drug-likeness (QED) is 0.556. The zero-order valence-electron chi connectivity index (χ0n) is 17.9.